The molecule has 4 heteroatoms. The SMILES string of the molecule is Cl.OC(Cl)CCCN1CCCC1. The van der Waals surface area contributed by atoms with Gasteiger partial charge in [0.2, 0.25) is 0 Å². The first-order valence-corrected chi connectivity index (χ1v) is 4.77. The van der Waals surface area contributed by atoms with Crippen LogP contribution in [0, 0.1) is 0 Å². The highest BCUT2D eigenvalue weighted by molar-refractivity contribution is 6.19. The smallest absolute Gasteiger partial charge is 0.128 e. The number of nitrogens with zero attached hydrogens (tertiary/aromatic N) is 1. The van der Waals surface area contributed by atoms with Gasteiger partial charge in [-0.1, -0.05) is 11.6 Å². The first kappa shape index (κ1) is 12.5. The molecule has 0 radical (unpaired) electrons. The van der Waals surface area contributed by atoms with Gasteiger partial charge >= 0.3 is 0 Å². The second-order valence-electron chi connectivity index (χ2n) is 3.13. The molecule has 0 bridgehead atoms. The van der Waals surface area contributed by atoms with Crippen molar-refractivity contribution >= 4 is 24.0 Å². The largest absolute Gasteiger partial charge is 0.378 e. The van der Waals surface area contributed by atoms with E-state index in [0.29, 0.717) is 0 Å². The third-order valence-corrected chi connectivity index (χ3v) is 2.33. The number of likely N-dealkylation sites (tertiary alicyclic amines) is 1. The van der Waals surface area contributed by atoms with E-state index in [1.807, 2.05) is 0 Å². The highest BCUT2D eigenvalue weighted by Gasteiger charge is 2.10. The van der Waals surface area contributed by atoms with E-state index in [4.69, 9.17) is 16.7 Å². The maximum atomic E-state index is 8.77. The van der Waals surface area contributed by atoms with Gasteiger partial charge in [-0.25, -0.2) is 0 Å². The number of alkyl halides is 1. The van der Waals surface area contributed by atoms with Crippen LogP contribution in [0.15, 0.2) is 0 Å². The molecule has 0 aromatic heterocycles. The monoisotopic (exact) mass is 213 g/mol. The number of aliphatic hydroxyl groups is 1. The minimum absolute atomic E-state index is 0. The minimum atomic E-state index is -0.641. The molecule has 1 unspecified atom stereocenters. The molecule has 1 atom stereocenters. The topological polar surface area (TPSA) is 23.5 Å². The third-order valence-electron chi connectivity index (χ3n) is 2.12. The van der Waals surface area contributed by atoms with Gasteiger partial charge in [-0.05, 0) is 45.3 Å². The average molecular weight is 214 g/mol. The Hall–Kier alpha value is 0.500. The Morgan fingerprint density at radius 1 is 1.33 bits per heavy atom. The van der Waals surface area contributed by atoms with Gasteiger partial charge in [0.25, 0.3) is 0 Å². The standard InChI is InChI=1S/C8H16ClNO.ClH/c9-8(11)4-3-7-10-5-1-2-6-10;/h8,11H,1-7H2;1H. The summed E-state index contributed by atoms with van der Waals surface area (Å²) in [6.07, 6.45) is 4.41. The fraction of sp³-hybridized carbons (Fsp3) is 1.00. The number of halogens is 2. The molecule has 1 aliphatic heterocycles. The van der Waals surface area contributed by atoms with Crippen LogP contribution in [0.2, 0.25) is 0 Å². The van der Waals surface area contributed by atoms with Gasteiger partial charge in [0, 0.05) is 0 Å². The molecule has 1 heterocycles. The second kappa shape index (κ2) is 6.96. The summed E-state index contributed by atoms with van der Waals surface area (Å²) in [6, 6.07) is 0. The van der Waals surface area contributed by atoms with Crippen LogP contribution < -0.4 is 0 Å². The molecule has 1 saturated heterocycles. The maximum Gasteiger partial charge on any atom is 0.128 e. The van der Waals surface area contributed by atoms with Crippen LogP contribution in [0.1, 0.15) is 25.7 Å². The Labute approximate surface area is 85.3 Å². The van der Waals surface area contributed by atoms with Gasteiger partial charge in [-0.3, -0.25) is 0 Å². The molecule has 1 N–H and O–H groups in total. The van der Waals surface area contributed by atoms with Gasteiger partial charge < -0.3 is 10.0 Å². The third kappa shape index (κ3) is 5.20. The van der Waals surface area contributed by atoms with Crippen LogP contribution in [-0.2, 0) is 0 Å². The summed E-state index contributed by atoms with van der Waals surface area (Å²) in [5.74, 6) is 0. The highest BCUT2D eigenvalue weighted by Crippen LogP contribution is 2.09. The lowest BCUT2D eigenvalue weighted by Crippen LogP contribution is -2.20. The van der Waals surface area contributed by atoms with Crippen LogP contribution in [-0.4, -0.2) is 35.2 Å². The lowest BCUT2D eigenvalue weighted by Gasteiger charge is -2.13. The first-order valence-electron chi connectivity index (χ1n) is 4.33. The average Bonchev–Trinajstić information content (AvgIpc) is 2.39. The van der Waals surface area contributed by atoms with Gasteiger partial charge in [-0.15, -0.1) is 12.4 Å². The van der Waals surface area contributed by atoms with Crippen molar-refractivity contribution in [1.82, 2.24) is 4.90 Å². The van der Waals surface area contributed by atoms with E-state index in [9.17, 15) is 0 Å². The zero-order chi connectivity index (χ0) is 8.10. The van der Waals surface area contributed by atoms with E-state index in [2.05, 4.69) is 4.90 Å². The van der Waals surface area contributed by atoms with Crippen molar-refractivity contribution in [2.24, 2.45) is 0 Å². The normalized spacial score (nSPS) is 20.5. The molecule has 2 nitrogen and oxygen atoms in total. The Morgan fingerprint density at radius 3 is 2.42 bits per heavy atom. The summed E-state index contributed by atoms with van der Waals surface area (Å²) >= 11 is 5.40. The predicted octanol–water partition coefficient (Wildman–Crippen LogP) is 1.84. The molecule has 12 heavy (non-hydrogen) atoms. The second-order valence-corrected chi connectivity index (χ2v) is 3.63. The van der Waals surface area contributed by atoms with E-state index < -0.39 is 5.56 Å². The van der Waals surface area contributed by atoms with Crippen LogP contribution in [0.3, 0.4) is 0 Å². The van der Waals surface area contributed by atoms with E-state index in [0.717, 1.165) is 19.4 Å². The van der Waals surface area contributed by atoms with Crippen LogP contribution in [0.5, 0.6) is 0 Å². The summed E-state index contributed by atoms with van der Waals surface area (Å²) < 4.78 is 0. The zero-order valence-electron chi connectivity index (χ0n) is 7.21. The Bertz CT molecular complexity index is 105. The van der Waals surface area contributed by atoms with E-state index in [1.54, 1.807) is 0 Å². The lowest BCUT2D eigenvalue weighted by molar-refractivity contribution is 0.229. The van der Waals surface area contributed by atoms with Crippen molar-refractivity contribution < 1.29 is 5.11 Å². The van der Waals surface area contributed by atoms with Gasteiger partial charge in [0.15, 0.2) is 0 Å². The predicted molar refractivity (Wildman–Crippen MR) is 54.0 cm³/mol. The van der Waals surface area contributed by atoms with Gasteiger partial charge in [0.1, 0.15) is 5.56 Å². The van der Waals surface area contributed by atoms with Crippen molar-refractivity contribution in [3.63, 3.8) is 0 Å². The summed E-state index contributed by atoms with van der Waals surface area (Å²) in [6.45, 7) is 3.57. The van der Waals surface area contributed by atoms with Crippen molar-refractivity contribution in [1.29, 1.82) is 0 Å². The summed E-state index contributed by atoms with van der Waals surface area (Å²) in [7, 11) is 0. The fourth-order valence-electron chi connectivity index (χ4n) is 1.49. The highest BCUT2D eigenvalue weighted by atomic mass is 35.5. The van der Waals surface area contributed by atoms with E-state index in [-0.39, 0.29) is 12.4 Å². The quantitative estimate of drug-likeness (QED) is 0.722. The van der Waals surface area contributed by atoms with Crippen LogP contribution >= 0.6 is 24.0 Å². The van der Waals surface area contributed by atoms with E-state index in [1.165, 1.54) is 25.9 Å². The molecule has 0 spiro atoms. The minimum Gasteiger partial charge on any atom is -0.378 e. The Kier molecular flexibility index (Phi) is 7.25. The Morgan fingerprint density at radius 2 is 1.92 bits per heavy atom. The number of rotatable bonds is 4. The van der Waals surface area contributed by atoms with Crippen LogP contribution in [0.4, 0.5) is 0 Å². The summed E-state index contributed by atoms with van der Waals surface area (Å²) in [5.41, 5.74) is -0.641. The number of aliphatic hydroxyl groups excluding tert-OH is 1. The fourth-order valence-corrected chi connectivity index (χ4v) is 1.64. The van der Waals surface area contributed by atoms with E-state index >= 15 is 0 Å². The number of hydrogen-bond donors (Lipinski definition) is 1. The maximum absolute atomic E-state index is 8.77. The van der Waals surface area contributed by atoms with Crippen molar-refractivity contribution in [2.45, 2.75) is 31.2 Å². The molecule has 0 aliphatic carbocycles. The molecule has 1 rings (SSSR count). The van der Waals surface area contributed by atoms with Crippen molar-refractivity contribution in [2.75, 3.05) is 19.6 Å². The van der Waals surface area contributed by atoms with Gasteiger partial charge in [-0.2, -0.15) is 0 Å². The molecular weight excluding hydrogens is 197 g/mol. The zero-order valence-corrected chi connectivity index (χ0v) is 8.78. The summed E-state index contributed by atoms with van der Waals surface area (Å²) in [4.78, 5) is 2.43. The van der Waals surface area contributed by atoms with Crippen LogP contribution in [0.25, 0.3) is 0 Å². The molecule has 0 amide bonds. The molecule has 1 aliphatic rings. The molecular formula is C8H17Cl2NO. The molecule has 74 valence electrons. The summed E-state index contributed by atoms with van der Waals surface area (Å²) in [5, 5.41) is 8.77. The lowest BCUT2D eigenvalue weighted by atomic mass is 10.3. The Balaban J connectivity index is 0.00000121. The molecule has 1 fully saturated rings. The molecule has 0 aromatic rings. The van der Waals surface area contributed by atoms with Crippen molar-refractivity contribution in [3.8, 4) is 0 Å². The molecule has 0 saturated carbocycles. The van der Waals surface area contributed by atoms with Gasteiger partial charge in [0.05, 0.1) is 0 Å². The number of hydrogen-bond acceptors (Lipinski definition) is 2. The molecule has 0 aromatic carbocycles. The van der Waals surface area contributed by atoms with Crippen molar-refractivity contribution in [3.05, 3.63) is 0 Å². The first-order chi connectivity index (χ1) is 5.29.